The minimum Gasteiger partial charge on any atom is -0.496 e. The lowest BCUT2D eigenvalue weighted by Crippen LogP contribution is -2.48. The molecule has 1 atom stereocenters. The molecule has 3 aromatic rings. The van der Waals surface area contributed by atoms with Crippen molar-refractivity contribution in [2.75, 3.05) is 47.1 Å². The van der Waals surface area contributed by atoms with Crippen LogP contribution >= 0.6 is 0 Å². The second-order valence-corrected chi connectivity index (χ2v) is 8.69. The zero-order chi connectivity index (χ0) is 25.1. The predicted octanol–water partition coefficient (Wildman–Crippen LogP) is 4.10. The van der Waals surface area contributed by atoms with Crippen LogP contribution in [0.25, 0.3) is 10.9 Å². The number of esters is 1. The number of carboxylic acid groups (broad SMARTS) is 1. The van der Waals surface area contributed by atoms with Gasteiger partial charge in [-0.25, -0.2) is 14.0 Å². The lowest BCUT2D eigenvalue weighted by Gasteiger charge is -2.42. The second-order valence-electron chi connectivity index (χ2n) is 8.69. The van der Waals surface area contributed by atoms with Gasteiger partial charge in [-0.1, -0.05) is 12.1 Å². The van der Waals surface area contributed by atoms with E-state index in [0.29, 0.717) is 49.6 Å². The summed E-state index contributed by atoms with van der Waals surface area (Å²) in [6.45, 7) is 4.39. The lowest BCUT2D eigenvalue weighted by molar-refractivity contribution is 0.0598. The Morgan fingerprint density at radius 1 is 1.14 bits per heavy atom. The van der Waals surface area contributed by atoms with Crippen LogP contribution in [0.15, 0.2) is 42.6 Å². The van der Waals surface area contributed by atoms with Crippen LogP contribution in [0, 0.1) is 6.92 Å². The maximum Gasteiger partial charge on any atom is 0.416 e. The third-order valence-electron chi connectivity index (χ3n) is 6.71. The molecule has 1 fully saturated rings. The lowest BCUT2D eigenvalue weighted by atomic mass is 9.98. The quantitative estimate of drug-likeness (QED) is 0.507. The molecule has 35 heavy (non-hydrogen) atoms. The van der Waals surface area contributed by atoms with Crippen molar-refractivity contribution in [2.45, 2.75) is 19.5 Å². The first-order chi connectivity index (χ1) is 16.9. The monoisotopic (exact) mass is 483 g/mol. The van der Waals surface area contributed by atoms with Crippen LogP contribution < -0.4 is 4.74 Å². The molecule has 1 N–H and O–H groups in total. The third-order valence-corrected chi connectivity index (χ3v) is 6.71. The van der Waals surface area contributed by atoms with E-state index in [9.17, 15) is 19.1 Å². The van der Waals surface area contributed by atoms with Crippen LogP contribution in [-0.2, 0) is 11.3 Å². The summed E-state index contributed by atoms with van der Waals surface area (Å²) in [5, 5.41) is 10.5. The van der Waals surface area contributed by atoms with E-state index in [2.05, 4.69) is 9.80 Å². The standard InChI is InChI=1S/C26H30FN3O5/c1-17-14-23(34-2)21(20-8-10-30(24(17)20)26(32)33)15-29-13-12-28(11-9-27)16-22(29)18-4-6-19(7-5-18)25(31)35-3/h4-8,10,14,22H,9,11-13,15-16H2,1-3H3,(H,32,33). The molecule has 1 saturated heterocycles. The van der Waals surface area contributed by atoms with E-state index >= 15 is 0 Å². The highest BCUT2D eigenvalue weighted by Crippen LogP contribution is 2.36. The molecule has 1 unspecified atom stereocenters. The Labute approximate surface area is 203 Å². The molecule has 0 bridgehead atoms. The van der Waals surface area contributed by atoms with Crippen molar-refractivity contribution < 1.29 is 28.6 Å². The van der Waals surface area contributed by atoms with Gasteiger partial charge < -0.3 is 14.6 Å². The third kappa shape index (κ3) is 4.87. The highest BCUT2D eigenvalue weighted by molar-refractivity contribution is 5.94. The van der Waals surface area contributed by atoms with Crippen LogP contribution in [0.2, 0.25) is 0 Å². The molecule has 0 spiro atoms. The molecule has 0 saturated carbocycles. The highest BCUT2D eigenvalue weighted by Gasteiger charge is 2.30. The van der Waals surface area contributed by atoms with Crippen LogP contribution in [-0.4, -0.2) is 78.6 Å². The number of ether oxygens (including phenoxy) is 2. The normalized spacial score (nSPS) is 17.0. The number of halogens is 1. The van der Waals surface area contributed by atoms with Crippen molar-refractivity contribution in [3.63, 3.8) is 0 Å². The average Bonchev–Trinajstić information content (AvgIpc) is 3.32. The Kier molecular flexibility index (Phi) is 7.37. The summed E-state index contributed by atoms with van der Waals surface area (Å²) in [7, 11) is 2.96. The summed E-state index contributed by atoms with van der Waals surface area (Å²) in [5.41, 5.74) is 3.84. The molecule has 1 aliphatic heterocycles. The summed E-state index contributed by atoms with van der Waals surface area (Å²) in [6.07, 6.45) is 0.521. The van der Waals surface area contributed by atoms with Crippen LogP contribution in [0.1, 0.15) is 33.1 Å². The number of piperazine rings is 1. The fourth-order valence-electron chi connectivity index (χ4n) is 4.94. The number of hydrogen-bond acceptors (Lipinski definition) is 6. The number of carbonyl (C=O) groups is 2. The van der Waals surface area contributed by atoms with Gasteiger partial charge in [-0.05, 0) is 42.3 Å². The van der Waals surface area contributed by atoms with Gasteiger partial charge in [0.25, 0.3) is 0 Å². The maximum atomic E-state index is 13.1. The molecular weight excluding hydrogens is 453 g/mol. The van der Waals surface area contributed by atoms with Crippen LogP contribution in [0.5, 0.6) is 5.75 Å². The summed E-state index contributed by atoms with van der Waals surface area (Å²) in [5.74, 6) is 0.301. The van der Waals surface area contributed by atoms with E-state index in [1.165, 1.54) is 11.7 Å². The zero-order valence-electron chi connectivity index (χ0n) is 20.2. The van der Waals surface area contributed by atoms with Gasteiger partial charge in [0, 0.05) is 55.9 Å². The molecule has 8 nitrogen and oxygen atoms in total. The van der Waals surface area contributed by atoms with Gasteiger partial charge >= 0.3 is 12.1 Å². The molecule has 0 radical (unpaired) electrons. The number of benzene rings is 2. The number of methoxy groups -OCH3 is 2. The molecule has 1 aromatic heterocycles. The van der Waals surface area contributed by atoms with Gasteiger partial charge in [0.2, 0.25) is 0 Å². The van der Waals surface area contributed by atoms with Crippen LogP contribution in [0.3, 0.4) is 0 Å². The second kappa shape index (κ2) is 10.5. The molecule has 1 aliphatic rings. The Morgan fingerprint density at radius 3 is 2.51 bits per heavy atom. The fraction of sp³-hybridized carbons (Fsp3) is 0.385. The number of aryl methyl sites for hydroxylation is 1. The van der Waals surface area contributed by atoms with Gasteiger partial charge in [-0.2, -0.15) is 0 Å². The number of hydrogen-bond donors (Lipinski definition) is 1. The van der Waals surface area contributed by atoms with Gasteiger partial charge in [-0.15, -0.1) is 0 Å². The van der Waals surface area contributed by atoms with Crippen molar-refractivity contribution in [2.24, 2.45) is 0 Å². The zero-order valence-corrected chi connectivity index (χ0v) is 20.2. The number of aromatic nitrogens is 1. The van der Waals surface area contributed by atoms with E-state index < -0.39 is 18.7 Å². The molecule has 0 amide bonds. The van der Waals surface area contributed by atoms with Crippen molar-refractivity contribution >= 4 is 23.0 Å². The molecule has 2 heterocycles. The topological polar surface area (TPSA) is 84.2 Å². The van der Waals surface area contributed by atoms with E-state index in [0.717, 1.165) is 22.1 Å². The Morgan fingerprint density at radius 2 is 1.89 bits per heavy atom. The van der Waals surface area contributed by atoms with E-state index in [4.69, 9.17) is 9.47 Å². The van der Waals surface area contributed by atoms with Crippen molar-refractivity contribution in [1.29, 1.82) is 0 Å². The SMILES string of the molecule is COC(=O)c1ccc(C2CN(CCF)CCN2Cc2c(OC)cc(C)c3c2ccn3C(=O)O)cc1. The van der Waals surface area contributed by atoms with Gasteiger partial charge in [0.15, 0.2) is 0 Å². The number of carbonyl (C=O) groups excluding carboxylic acids is 1. The maximum absolute atomic E-state index is 13.1. The first kappa shape index (κ1) is 24.7. The van der Waals surface area contributed by atoms with Crippen LogP contribution in [0.4, 0.5) is 9.18 Å². The fourth-order valence-corrected chi connectivity index (χ4v) is 4.94. The Hall–Kier alpha value is -3.43. The first-order valence-corrected chi connectivity index (χ1v) is 11.5. The first-order valence-electron chi connectivity index (χ1n) is 11.5. The number of nitrogens with zero attached hydrogens (tertiary/aromatic N) is 3. The summed E-state index contributed by atoms with van der Waals surface area (Å²) in [4.78, 5) is 28.0. The minimum absolute atomic E-state index is 0.0513. The molecular formula is C26H30FN3O5. The number of fused-ring (bicyclic) bond motifs is 1. The highest BCUT2D eigenvalue weighted by atomic mass is 19.1. The molecule has 9 heteroatoms. The van der Waals surface area contributed by atoms with Gasteiger partial charge in [0.1, 0.15) is 12.4 Å². The smallest absolute Gasteiger partial charge is 0.416 e. The van der Waals surface area contributed by atoms with E-state index in [1.807, 2.05) is 31.2 Å². The number of alkyl halides is 1. The molecule has 0 aliphatic carbocycles. The Balaban J connectivity index is 1.73. The summed E-state index contributed by atoms with van der Waals surface area (Å²) >= 11 is 0. The minimum atomic E-state index is -1.04. The van der Waals surface area contributed by atoms with Gasteiger partial charge in [0.05, 0.1) is 25.3 Å². The Bertz CT molecular complexity index is 1220. The number of rotatable bonds is 7. The van der Waals surface area contributed by atoms with Crippen molar-refractivity contribution in [3.8, 4) is 5.75 Å². The summed E-state index contributed by atoms with van der Waals surface area (Å²) < 4.78 is 24.9. The van der Waals surface area contributed by atoms with E-state index in [1.54, 1.807) is 25.4 Å². The summed E-state index contributed by atoms with van der Waals surface area (Å²) in [6, 6.07) is 10.9. The largest absolute Gasteiger partial charge is 0.496 e. The predicted molar refractivity (Wildman–Crippen MR) is 130 cm³/mol. The molecule has 2 aromatic carbocycles. The van der Waals surface area contributed by atoms with Crippen molar-refractivity contribution in [3.05, 3.63) is 64.8 Å². The van der Waals surface area contributed by atoms with Gasteiger partial charge in [-0.3, -0.25) is 14.4 Å². The van der Waals surface area contributed by atoms with E-state index in [-0.39, 0.29) is 6.04 Å². The molecule has 186 valence electrons. The van der Waals surface area contributed by atoms with Crippen molar-refractivity contribution in [1.82, 2.24) is 14.4 Å². The molecule has 4 rings (SSSR count). The average molecular weight is 484 g/mol.